The fraction of sp³-hybridized carbons (Fsp3) is 0.158. The Labute approximate surface area is 148 Å². The zero-order chi connectivity index (χ0) is 17.6. The van der Waals surface area contributed by atoms with Crippen molar-refractivity contribution in [3.05, 3.63) is 80.7 Å². The van der Waals surface area contributed by atoms with Crippen LogP contribution in [0.1, 0.15) is 27.7 Å². The molecule has 4 rings (SSSR count). The zero-order valence-corrected chi connectivity index (χ0v) is 13.9. The van der Waals surface area contributed by atoms with Crippen molar-refractivity contribution in [3.8, 4) is 0 Å². The molecule has 2 aromatic carbocycles. The summed E-state index contributed by atoms with van der Waals surface area (Å²) in [6.45, 7) is -0.107. The Morgan fingerprint density at radius 3 is 2.52 bits per heavy atom. The molecule has 0 fully saturated rings. The lowest BCUT2D eigenvalue weighted by Crippen LogP contribution is -2.32. The number of amides is 1. The highest BCUT2D eigenvalue weighted by Crippen LogP contribution is 2.38. The summed E-state index contributed by atoms with van der Waals surface area (Å²) in [4.78, 5) is 27.3. The summed E-state index contributed by atoms with van der Waals surface area (Å²) >= 11 is 5.95. The summed E-state index contributed by atoms with van der Waals surface area (Å²) in [6, 6.07) is 13.2. The number of carbonyl (C=O) groups is 1. The molecule has 1 aromatic heterocycles. The Kier molecular flexibility index (Phi) is 3.82. The molecule has 0 aliphatic carbocycles. The van der Waals surface area contributed by atoms with Gasteiger partial charge in [-0.1, -0.05) is 35.9 Å². The summed E-state index contributed by atoms with van der Waals surface area (Å²) < 4.78 is 5.75. The van der Waals surface area contributed by atoms with Gasteiger partial charge in [-0.3, -0.25) is 9.59 Å². The number of hydrogen-bond acceptors (Lipinski definition) is 4. The average Bonchev–Trinajstić information content (AvgIpc) is 2.89. The Hall–Kier alpha value is -2.63. The van der Waals surface area contributed by atoms with Crippen LogP contribution >= 0.6 is 11.6 Å². The van der Waals surface area contributed by atoms with Crippen LogP contribution in [0.5, 0.6) is 0 Å². The third kappa shape index (κ3) is 2.44. The molecule has 0 saturated heterocycles. The van der Waals surface area contributed by atoms with Gasteiger partial charge in [0.05, 0.1) is 23.6 Å². The lowest BCUT2D eigenvalue weighted by atomic mass is 9.98. The highest BCUT2D eigenvalue weighted by Gasteiger charge is 2.42. The van der Waals surface area contributed by atoms with Crippen molar-refractivity contribution in [1.29, 1.82) is 0 Å². The van der Waals surface area contributed by atoms with E-state index in [0.717, 1.165) is 5.56 Å². The predicted octanol–water partition coefficient (Wildman–Crippen LogP) is 2.98. The number of β-amino-alcohol motifs (C(OH)–C–C–N with tert-alkyl or cyclic N) is 1. The van der Waals surface area contributed by atoms with Crippen LogP contribution in [0.15, 0.2) is 57.7 Å². The van der Waals surface area contributed by atoms with E-state index in [-0.39, 0.29) is 24.3 Å². The molecule has 1 aliphatic heterocycles. The molecular formula is C19H14ClNO4. The maximum Gasteiger partial charge on any atom is 0.290 e. The summed E-state index contributed by atoms with van der Waals surface area (Å²) in [7, 11) is 0. The molecule has 25 heavy (non-hydrogen) atoms. The minimum Gasteiger partial charge on any atom is -0.450 e. The van der Waals surface area contributed by atoms with Crippen LogP contribution in [-0.4, -0.2) is 29.1 Å². The summed E-state index contributed by atoms with van der Waals surface area (Å²) in [5.41, 5.74) is 1.19. The van der Waals surface area contributed by atoms with E-state index in [4.69, 9.17) is 16.0 Å². The topological polar surface area (TPSA) is 70.8 Å². The first-order valence-electron chi connectivity index (χ1n) is 7.85. The van der Waals surface area contributed by atoms with Gasteiger partial charge in [0, 0.05) is 11.6 Å². The number of aliphatic hydroxyl groups is 1. The SMILES string of the molecule is O=C1c2oc3ccccc3c(=O)c2[C@@H](c2ccc(Cl)cc2)N1CCO. The number of aliphatic hydroxyl groups excluding tert-OH is 1. The fourth-order valence-corrected chi connectivity index (χ4v) is 3.42. The molecule has 0 radical (unpaired) electrons. The van der Waals surface area contributed by atoms with Crippen molar-refractivity contribution in [3.63, 3.8) is 0 Å². The van der Waals surface area contributed by atoms with Crippen molar-refractivity contribution < 1.29 is 14.3 Å². The number of rotatable bonds is 3. The van der Waals surface area contributed by atoms with Gasteiger partial charge >= 0.3 is 0 Å². The van der Waals surface area contributed by atoms with Crippen molar-refractivity contribution in [2.75, 3.05) is 13.2 Å². The maximum absolute atomic E-state index is 13.0. The number of halogens is 1. The van der Waals surface area contributed by atoms with E-state index in [9.17, 15) is 14.7 Å². The van der Waals surface area contributed by atoms with Crippen molar-refractivity contribution in [1.82, 2.24) is 4.90 Å². The zero-order valence-electron chi connectivity index (χ0n) is 13.1. The molecule has 1 amide bonds. The van der Waals surface area contributed by atoms with E-state index in [1.165, 1.54) is 4.90 Å². The van der Waals surface area contributed by atoms with Gasteiger partial charge in [0.1, 0.15) is 5.58 Å². The van der Waals surface area contributed by atoms with Crippen LogP contribution in [0, 0.1) is 0 Å². The van der Waals surface area contributed by atoms with Crippen LogP contribution < -0.4 is 5.43 Å². The third-order valence-corrected chi connectivity index (χ3v) is 4.65. The predicted molar refractivity (Wildman–Crippen MR) is 93.9 cm³/mol. The lowest BCUT2D eigenvalue weighted by Gasteiger charge is -2.24. The first-order valence-corrected chi connectivity index (χ1v) is 8.22. The molecule has 1 atom stereocenters. The standard InChI is InChI=1S/C19H14ClNO4/c20-12-7-5-11(6-8-12)16-15-17(23)13-3-1-2-4-14(13)25-18(15)19(24)21(16)9-10-22/h1-8,16,22H,9-10H2/t16-/m1/s1. The van der Waals surface area contributed by atoms with Gasteiger partial charge < -0.3 is 14.4 Å². The Morgan fingerprint density at radius 2 is 1.80 bits per heavy atom. The van der Waals surface area contributed by atoms with Crippen molar-refractivity contribution in [2.45, 2.75) is 6.04 Å². The minimum absolute atomic E-state index is 0.0390. The molecule has 3 aromatic rings. The average molecular weight is 356 g/mol. The van der Waals surface area contributed by atoms with E-state index in [1.807, 2.05) is 0 Å². The quantitative estimate of drug-likeness (QED) is 0.784. The van der Waals surface area contributed by atoms with Crippen molar-refractivity contribution >= 4 is 28.5 Å². The van der Waals surface area contributed by atoms with Crippen LogP contribution in [-0.2, 0) is 0 Å². The molecule has 0 spiro atoms. The number of carbonyl (C=O) groups excluding carboxylic acids is 1. The largest absolute Gasteiger partial charge is 0.450 e. The minimum atomic E-state index is -0.604. The van der Waals surface area contributed by atoms with Gasteiger partial charge in [0.15, 0.2) is 5.43 Å². The maximum atomic E-state index is 13.0. The van der Waals surface area contributed by atoms with E-state index in [0.29, 0.717) is 21.6 Å². The van der Waals surface area contributed by atoms with Gasteiger partial charge in [-0.15, -0.1) is 0 Å². The van der Waals surface area contributed by atoms with E-state index in [1.54, 1.807) is 48.5 Å². The molecule has 6 heteroatoms. The van der Waals surface area contributed by atoms with Crippen LogP contribution in [0.4, 0.5) is 0 Å². The smallest absolute Gasteiger partial charge is 0.290 e. The number of hydrogen-bond donors (Lipinski definition) is 1. The molecule has 5 nitrogen and oxygen atoms in total. The number of fused-ring (bicyclic) bond motifs is 2. The van der Waals surface area contributed by atoms with Gasteiger partial charge in [0.25, 0.3) is 5.91 Å². The molecule has 1 N–H and O–H groups in total. The Morgan fingerprint density at radius 1 is 1.08 bits per heavy atom. The monoisotopic (exact) mass is 355 g/mol. The van der Waals surface area contributed by atoms with Gasteiger partial charge in [-0.05, 0) is 29.8 Å². The van der Waals surface area contributed by atoms with Crippen LogP contribution in [0.3, 0.4) is 0 Å². The first-order chi connectivity index (χ1) is 12.1. The number of benzene rings is 2. The fourth-order valence-electron chi connectivity index (χ4n) is 3.30. The van der Waals surface area contributed by atoms with Gasteiger partial charge in [0.2, 0.25) is 5.76 Å². The Bertz CT molecular complexity index is 1030. The highest BCUT2D eigenvalue weighted by molar-refractivity contribution is 6.30. The summed E-state index contributed by atoms with van der Waals surface area (Å²) in [5, 5.41) is 10.4. The lowest BCUT2D eigenvalue weighted by molar-refractivity contribution is 0.0691. The highest BCUT2D eigenvalue weighted by atomic mass is 35.5. The third-order valence-electron chi connectivity index (χ3n) is 4.40. The molecule has 2 heterocycles. The van der Waals surface area contributed by atoms with Crippen LogP contribution in [0.2, 0.25) is 5.02 Å². The number of para-hydroxylation sites is 1. The molecule has 0 saturated carbocycles. The van der Waals surface area contributed by atoms with Gasteiger partial charge in [-0.25, -0.2) is 0 Å². The normalized spacial score (nSPS) is 16.5. The van der Waals surface area contributed by atoms with E-state index in [2.05, 4.69) is 0 Å². The van der Waals surface area contributed by atoms with Gasteiger partial charge in [-0.2, -0.15) is 0 Å². The summed E-state index contributed by atoms with van der Waals surface area (Å²) in [5.74, 6) is -0.357. The van der Waals surface area contributed by atoms with E-state index < -0.39 is 11.9 Å². The molecule has 0 unspecified atom stereocenters. The number of nitrogens with zero attached hydrogens (tertiary/aromatic N) is 1. The second-order valence-electron chi connectivity index (χ2n) is 5.85. The van der Waals surface area contributed by atoms with Crippen molar-refractivity contribution in [2.24, 2.45) is 0 Å². The molecule has 1 aliphatic rings. The van der Waals surface area contributed by atoms with Crippen LogP contribution in [0.25, 0.3) is 11.0 Å². The molecule has 0 bridgehead atoms. The summed E-state index contributed by atoms with van der Waals surface area (Å²) in [6.07, 6.45) is 0. The first kappa shape index (κ1) is 15.9. The van der Waals surface area contributed by atoms with E-state index >= 15 is 0 Å². The Balaban J connectivity index is 2.00. The second-order valence-corrected chi connectivity index (χ2v) is 6.28. The second kappa shape index (κ2) is 6.02. The molecule has 126 valence electrons. The molecular weight excluding hydrogens is 342 g/mol.